The summed E-state index contributed by atoms with van der Waals surface area (Å²) in [6.07, 6.45) is 6.96. The molecule has 1 aliphatic heterocycles. The van der Waals surface area contributed by atoms with Crippen LogP contribution in [0.2, 0.25) is 18.1 Å². The number of nitrogens with one attached hydrogen (secondary N) is 1. The van der Waals surface area contributed by atoms with Crippen molar-refractivity contribution in [1.82, 2.24) is 5.32 Å². The fourth-order valence-corrected chi connectivity index (χ4v) is 5.05. The zero-order valence-corrected chi connectivity index (χ0v) is 20.4. The van der Waals surface area contributed by atoms with Gasteiger partial charge in [-0.2, -0.15) is 0 Å². The summed E-state index contributed by atoms with van der Waals surface area (Å²) in [6, 6.07) is -0.0698. The second kappa shape index (κ2) is 9.05. The maximum absolute atomic E-state index is 12.6. The molecule has 1 N–H and O–H groups in total. The molecule has 1 amide bonds. The van der Waals surface area contributed by atoms with Gasteiger partial charge in [0.1, 0.15) is 11.7 Å². The minimum Gasteiger partial charge on any atom is -0.444 e. The molecule has 1 unspecified atom stereocenters. The Morgan fingerprint density at radius 1 is 1.11 bits per heavy atom. The van der Waals surface area contributed by atoms with Gasteiger partial charge in [-0.3, -0.25) is 0 Å². The van der Waals surface area contributed by atoms with Crippen molar-refractivity contribution >= 4 is 14.4 Å². The molecule has 1 aliphatic carbocycles. The smallest absolute Gasteiger partial charge is 0.407 e. The topological polar surface area (TPSA) is 60.1 Å². The third-order valence-corrected chi connectivity index (χ3v) is 10.8. The summed E-state index contributed by atoms with van der Waals surface area (Å²) >= 11 is 0. The molecule has 164 valence electrons. The van der Waals surface area contributed by atoms with E-state index < -0.39 is 13.9 Å². The quantitative estimate of drug-likeness (QED) is 0.433. The minimum atomic E-state index is -1.99. The number of ether oxygens (including phenoxy) is 2. The lowest BCUT2D eigenvalue weighted by atomic mass is 9.83. The van der Waals surface area contributed by atoms with Crippen LogP contribution in [-0.2, 0) is 13.9 Å². The third kappa shape index (κ3) is 7.34. The fraction of sp³-hybridized carbons (Fsp3) is 0.955. The van der Waals surface area contributed by atoms with Crippen molar-refractivity contribution in [3.63, 3.8) is 0 Å². The van der Waals surface area contributed by atoms with Crippen molar-refractivity contribution in [2.24, 2.45) is 5.92 Å². The van der Waals surface area contributed by atoms with Crippen LogP contribution in [0.3, 0.4) is 0 Å². The summed E-state index contributed by atoms with van der Waals surface area (Å²) in [5.74, 6) is 0.637. The Bertz CT molecular complexity index is 514. The summed E-state index contributed by atoms with van der Waals surface area (Å²) < 4.78 is 18.1. The molecule has 0 aromatic heterocycles. The number of epoxide rings is 1. The summed E-state index contributed by atoms with van der Waals surface area (Å²) in [7, 11) is -1.99. The lowest BCUT2D eigenvalue weighted by molar-refractivity contribution is 0.0369. The van der Waals surface area contributed by atoms with E-state index in [1.807, 2.05) is 20.8 Å². The first-order valence-corrected chi connectivity index (χ1v) is 14.0. The van der Waals surface area contributed by atoms with Gasteiger partial charge in [0.2, 0.25) is 0 Å². The number of hydrogen-bond acceptors (Lipinski definition) is 4. The van der Waals surface area contributed by atoms with Gasteiger partial charge in [0.05, 0.1) is 18.8 Å². The summed E-state index contributed by atoms with van der Waals surface area (Å²) in [5, 5.41) is 3.28. The molecule has 2 rings (SSSR count). The van der Waals surface area contributed by atoms with Crippen LogP contribution < -0.4 is 5.32 Å². The van der Waals surface area contributed by atoms with Crippen LogP contribution >= 0.6 is 0 Å². The first kappa shape index (κ1) is 23.7. The van der Waals surface area contributed by atoms with E-state index in [1.54, 1.807) is 0 Å². The largest absolute Gasteiger partial charge is 0.444 e. The lowest BCUT2D eigenvalue weighted by Gasteiger charge is -2.42. The normalized spacial score (nSPS) is 23.8. The van der Waals surface area contributed by atoms with Crippen molar-refractivity contribution in [2.45, 2.75) is 122 Å². The SMILES string of the molecule is CC(C)(C)OC(=O)N[C@@H](CC1CCCCC1)[C@@H](O[Si](C)(C)C(C)(C)C)C1CO1. The Balaban J connectivity index is 2.16. The molecular formula is C22H43NO4Si. The highest BCUT2D eigenvalue weighted by Crippen LogP contribution is 2.40. The van der Waals surface area contributed by atoms with Gasteiger partial charge in [0.25, 0.3) is 0 Å². The average Bonchev–Trinajstić information content (AvgIpc) is 3.35. The first-order chi connectivity index (χ1) is 12.8. The van der Waals surface area contributed by atoms with Crippen molar-refractivity contribution in [3.05, 3.63) is 0 Å². The Morgan fingerprint density at radius 2 is 1.68 bits per heavy atom. The Labute approximate surface area is 173 Å². The summed E-state index contributed by atoms with van der Waals surface area (Å²) in [5.41, 5.74) is -0.509. The highest BCUT2D eigenvalue weighted by molar-refractivity contribution is 6.74. The van der Waals surface area contributed by atoms with Crippen LogP contribution in [-0.4, -0.2) is 44.9 Å². The molecule has 0 radical (unpaired) electrons. The Kier molecular flexibility index (Phi) is 7.65. The van der Waals surface area contributed by atoms with Crippen molar-refractivity contribution < 1.29 is 18.7 Å². The summed E-state index contributed by atoms with van der Waals surface area (Å²) in [4.78, 5) is 12.6. The lowest BCUT2D eigenvalue weighted by Crippen LogP contribution is -2.55. The summed E-state index contributed by atoms with van der Waals surface area (Å²) in [6.45, 7) is 17.7. The van der Waals surface area contributed by atoms with Crippen LogP contribution in [0.15, 0.2) is 0 Å². The number of rotatable bonds is 7. The van der Waals surface area contributed by atoms with Gasteiger partial charge >= 0.3 is 6.09 Å². The maximum Gasteiger partial charge on any atom is 0.407 e. The molecule has 28 heavy (non-hydrogen) atoms. The van der Waals surface area contributed by atoms with Gasteiger partial charge < -0.3 is 19.2 Å². The molecule has 0 spiro atoms. The van der Waals surface area contributed by atoms with Gasteiger partial charge in [-0.05, 0) is 51.2 Å². The second-order valence-electron chi connectivity index (χ2n) is 11.2. The molecule has 3 atom stereocenters. The predicted molar refractivity (Wildman–Crippen MR) is 116 cm³/mol. The Hall–Kier alpha value is -0.593. The van der Waals surface area contributed by atoms with E-state index >= 15 is 0 Å². The van der Waals surface area contributed by atoms with E-state index in [1.165, 1.54) is 32.1 Å². The highest BCUT2D eigenvalue weighted by Gasteiger charge is 2.47. The standard InChI is InChI=1S/C22H43NO4Si/c1-21(2,3)26-20(24)23-17(14-16-12-10-9-11-13-16)19(18-15-25-18)27-28(7,8)22(4,5)6/h16-19H,9-15H2,1-8H3,(H,23,24)/t17-,18?,19+/m0/s1. The molecule has 6 heteroatoms. The maximum atomic E-state index is 12.6. The monoisotopic (exact) mass is 413 g/mol. The molecule has 1 saturated carbocycles. The van der Waals surface area contributed by atoms with Gasteiger partial charge in [0, 0.05) is 0 Å². The van der Waals surface area contributed by atoms with E-state index in [-0.39, 0.29) is 29.4 Å². The molecule has 1 heterocycles. The number of amides is 1. The van der Waals surface area contributed by atoms with Crippen molar-refractivity contribution in [1.29, 1.82) is 0 Å². The zero-order valence-electron chi connectivity index (χ0n) is 19.4. The first-order valence-electron chi connectivity index (χ1n) is 11.1. The van der Waals surface area contributed by atoms with E-state index in [0.717, 1.165) is 13.0 Å². The molecule has 0 bridgehead atoms. The van der Waals surface area contributed by atoms with Gasteiger partial charge in [-0.15, -0.1) is 0 Å². The fourth-order valence-electron chi connectivity index (χ4n) is 3.70. The number of carbonyl (C=O) groups is 1. The zero-order chi connectivity index (χ0) is 21.2. The average molecular weight is 414 g/mol. The van der Waals surface area contributed by atoms with Crippen LogP contribution in [0.25, 0.3) is 0 Å². The molecule has 0 aromatic rings. The number of hydrogen-bond donors (Lipinski definition) is 1. The van der Waals surface area contributed by atoms with Crippen LogP contribution in [0.5, 0.6) is 0 Å². The van der Waals surface area contributed by atoms with E-state index in [9.17, 15) is 4.79 Å². The molecule has 1 saturated heterocycles. The van der Waals surface area contributed by atoms with E-state index in [0.29, 0.717) is 5.92 Å². The predicted octanol–water partition coefficient (Wildman–Crippen LogP) is 5.64. The molecule has 0 aromatic carbocycles. The van der Waals surface area contributed by atoms with E-state index in [4.69, 9.17) is 13.9 Å². The van der Waals surface area contributed by atoms with Gasteiger partial charge in [0.15, 0.2) is 8.32 Å². The number of alkyl carbamates (subject to hydrolysis) is 1. The van der Waals surface area contributed by atoms with Crippen molar-refractivity contribution in [3.8, 4) is 0 Å². The highest BCUT2D eigenvalue weighted by atomic mass is 28.4. The number of carbonyl (C=O) groups excluding carboxylic acids is 1. The van der Waals surface area contributed by atoms with Crippen LogP contribution in [0.4, 0.5) is 4.79 Å². The van der Waals surface area contributed by atoms with Crippen LogP contribution in [0.1, 0.15) is 80.1 Å². The third-order valence-electron chi connectivity index (χ3n) is 6.37. The van der Waals surface area contributed by atoms with E-state index in [2.05, 4.69) is 39.2 Å². The van der Waals surface area contributed by atoms with Gasteiger partial charge in [-0.1, -0.05) is 52.9 Å². The second-order valence-corrected chi connectivity index (χ2v) is 16.0. The molecule has 2 aliphatic rings. The molecule has 2 fully saturated rings. The molecular weight excluding hydrogens is 370 g/mol. The van der Waals surface area contributed by atoms with Gasteiger partial charge in [-0.25, -0.2) is 4.79 Å². The van der Waals surface area contributed by atoms with Crippen molar-refractivity contribution in [2.75, 3.05) is 6.61 Å². The minimum absolute atomic E-state index is 0.0698. The Morgan fingerprint density at radius 3 is 2.14 bits per heavy atom. The van der Waals surface area contributed by atoms with Crippen LogP contribution in [0, 0.1) is 5.92 Å². The molecule has 5 nitrogen and oxygen atoms in total.